The first kappa shape index (κ1) is 20.3. The van der Waals surface area contributed by atoms with Gasteiger partial charge in [-0.15, -0.1) is 0 Å². The summed E-state index contributed by atoms with van der Waals surface area (Å²) >= 11 is 0. The van der Waals surface area contributed by atoms with Gasteiger partial charge in [0.15, 0.2) is 14.1 Å². The van der Waals surface area contributed by atoms with Crippen molar-refractivity contribution in [3.63, 3.8) is 0 Å². The van der Waals surface area contributed by atoms with E-state index in [4.69, 9.17) is 9.16 Å². The molecule has 0 aliphatic rings. The summed E-state index contributed by atoms with van der Waals surface area (Å²) in [6.45, 7) is 13.4. The molecule has 2 aromatic rings. The molecule has 1 heterocycles. The Hall–Kier alpha value is -1.99. The molecule has 0 radical (unpaired) electrons. The Kier molecular flexibility index (Phi) is 6.36. The van der Waals surface area contributed by atoms with E-state index in [-0.39, 0.29) is 24.2 Å². The zero-order valence-corrected chi connectivity index (χ0v) is 17.6. The fraction of sp³-hybridized carbons (Fsp3) is 0.526. The highest BCUT2D eigenvalue weighted by Crippen LogP contribution is 2.36. The van der Waals surface area contributed by atoms with Crippen molar-refractivity contribution in [3.05, 3.63) is 47.5 Å². The summed E-state index contributed by atoms with van der Waals surface area (Å²) in [6.07, 6.45) is 0. The predicted molar refractivity (Wildman–Crippen MR) is 103 cm³/mol. The molecule has 0 aliphatic carbocycles. The lowest BCUT2D eigenvalue weighted by Crippen LogP contribution is -2.40. The van der Waals surface area contributed by atoms with E-state index in [1.165, 1.54) is 0 Å². The highest BCUT2D eigenvalue weighted by Gasteiger charge is 2.37. The smallest absolute Gasteiger partial charge is 0.328 e. The van der Waals surface area contributed by atoms with Gasteiger partial charge in [-0.1, -0.05) is 51.1 Å². The largest absolute Gasteiger partial charge is 0.459 e. The molecule has 0 amide bonds. The fourth-order valence-electron chi connectivity index (χ4n) is 2.10. The van der Waals surface area contributed by atoms with Gasteiger partial charge in [0, 0.05) is 0 Å². The lowest BCUT2D eigenvalue weighted by molar-refractivity contribution is -0.146. The third-order valence-corrected chi connectivity index (χ3v) is 9.22. The van der Waals surface area contributed by atoms with E-state index in [1.54, 1.807) is 4.68 Å². The summed E-state index contributed by atoms with van der Waals surface area (Å²) in [6, 6.07) is 9.61. The van der Waals surface area contributed by atoms with Gasteiger partial charge in [-0.25, -0.2) is 9.67 Å². The number of carbonyl (C=O) groups is 1. The van der Waals surface area contributed by atoms with Gasteiger partial charge >= 0.3 is 5.97 Å². The van der Waals surface area contributed by atoms with E-state index in [0.717, 1.165) is 5.56 Å². The summed E-state index contributed by atoms with van der Waals surface area (Å²) in [5.41, 5.74) is 0.956. The molecule has 0 unspecified atom stereocenters. The van der Waals surface area contributed by atoms with Gasteiger partial charge < -0.3 is 9.16 Å². The normalized spacial score (nSPS) is 12.2. The van der Waals surface area contributed by atoms with Gasteiger partial charge in [-0.05, 0) is 30.6 Å². The van der Waals surface area contributed by atoms with Crippen LogP contribution in [0.3, 0.4) is 0 Å². The van der Waals surface area contributed by atoms with Gasteiger partial charge in [0.25, 0.3) is 0 Å². The number of rotatable bonds is 7. The molecule has 0 spiro atoms. The summed E-state index contributed by atoms with van der Waals surface area (Å²) in [4.78, 5) is 16.6. The van der Waals surface area contributed by atoms with Crippen molar-refractivity contribution in [1.29, 1.82) is 0 Å². The van der Waals surface area contributed by atoms with Crippen molar-refractivity contribution in [2.75, 3.05) is 0 Å². The van der Waals surface area contributed by atoms with Gasteiger partial charge in [-0.3, -0.25) is 4.79 Å². The van der Waals surface area contributed by atoms with Crippen LogP contribution in [0.15, 0.2) is 30.3 Å². The SMILES string of the molecule is Cc1nc(CO[Si](C)(C)C(C)(C)C)n(CC(=O)OCc2ccccc2)n1. The van der Waals surface area contributed by atoms with Crippen molar-refractivity contribution in [2.45, 2.75) is 65.6 Å². The van der Waals surface area contributed by atoms with E-state index in [2.05, 4.69) is 43.9 Å². The molecule has 0 fully saturated rings. The number of carbonyl (C=O) groups excluding carboxylic acids is 1. The first-order valence-corrected chi connectivity index (χ1v) is 11.7. The molecular weight excluding hydrogens is 346 g/mol. The van der Waals surface area contributed by atoms with Crippen LogP contribution in [-0.2, 0) is 33.7 Å². The van der Waals surface area contributed by atoms with Gasteiger partial charge in [-0.2, -0.15) is 5.10 Å². The maximum absolute atomic E-state index is 12.2. The fourth-order valence-corrected chi connectivity index (χ4v) is 3.02. The number of hydrogen-bond donors (Lipinski definition) is 0. The predicted octanol–water partition coefficient (Wildman–Crippen LogP) is 3.85. The molecular formula is C19H29N3O3Si. The highest BCUT2D eigenvalue weighted by molar-refractivity contribution is 6.74. The van der Waals surface area contributed by atoms with Gasteiger partial charge in [0.1, 0.15) is 19.0 Å². The van der Waals surface area contributed by atoms with Gasteiger partial charge in [0.2, 0.25) is 0 Å². The Bertz CT molecular complexity index is 736. The average molecular weight is 376 g/mol. The van der Waals surface area contributed by atoms with E-state index in [1.807, 2.05) is 37.3 Å². The third-order valence-electron chi connectivity index (χ3n) is 4.74. The number of nitrogens with zero attached hydrogens (tertiary/aromatic N) is 3. The molecule has 2 rings (SSSR count). The Balaban J connectivity index is 1.96. The summed E-state index contributed by atoms with van der Waals surface area (Å²) in [7, 11) is -1.90. The van der Waals surface area contributed by atoms with Crippen LogP contribution >= 0.6 is 0 Å². The Morgan fingerprint density at radius 1 is 1.15 bits per heavy atom. The van der Waals surface area contributed by atoms with Crippen LogP contribution < -0.4 is 0 Å². The summed E-state index contributed by atoms with van der Waals surface area (Å²) < 4.78 is 13.1. The minimum atomic E-state index is -1.90. The van der Waals surface area contributed by atoms with E-state index in [0.29, 0.717) is 18.3 Å². The van der Waals surface area contributed by atoms with Crippen LogP contribution in [0.2, 0.25) is 18.1 Å². The Labute approximate surface area is 156 Å². The van der Waals surface area contributed by atoms with E-state index >= 15 is 0 Å². The first-order valence-electron chi connectivity index (χ1n) is 8.82. The van der Waals surface area contributed by atoms with E-state index in [9.17, 15) is 4.79 Å². The molecule has 0 saturated carbocycles. The number of ether oxygens (including phenoxy) is 1. The average Bonchev–Trinajstić information content (AvgIpc) is 2.90. The number of esters is 1. The van der Waals surface area contributed by atoms with Crippen molar-refractivity contribution in [1.82, 2.24) is 14.8 Å². The van der Waals surface area contributed by atoms with Crippen LogP contribution in [0, 0.1) is 6.92 Å². The maximum atomic E-state index is 12.2. The molecule has 0 atom stereocenters. The van der Waals surface area contributed by atoms with Gasteiger partial charge in [0.05, 0.1) is 6.61 Å². The zero-order chi connectivity index (χ0) is 19.4. The minimum Gasteiger partial charge on any atom is -0.459 e. The van der Waals surface area contributed by atoms with E-state index < -0.39 is 8.32 Å². The number of benzene rings is 1. The Morgan fingerprint density at radius 3 is 2.42 bits per heavy atom. The van der Waals surface area contributed by atoms with Crippen molar-refractivity contribution in [3.8, 4) is 0 Å². The highest BCUT2D eigenvalue weighted by atomic mass is 28.4. The van der Waals surface area contributed by atoms with Crippen LogP contribution in [0.4, 0.5) is 0 Å². The third kappa shape index (κ3) is 5.50. The summed E-state index contributed by atoms with van der Waals surface area (Å²) in [5.74, 6) is 0.936. The lowest BCUT2D eigenvalue weighted by atomic mass is 10.2. The van der Waals surface area contributed by atoms with Crippen LogP contribution in [0.5, 0.6) is 0 Å². The second-order valence-corrected chi connectivity index (χ2v) is 12.7. The topological polar surface area (TPSA) is 66.2 Å². The number of hydrogen-bond acceptors (Lipinski definition) is 5. The van der Waals surface area contributed by atoms with Crippen LogP contribution in [0.25, 0.3) is 0 Å². The van der Waals surface area contributed by atoms with Crippen LogP contribution in [0.1, 0.15) is 38.0 Å². The second kappa shape index (κ2) is 8.14. The molecule has 142 valence electrons. The maximum Gasteiger partial charge on any atom is 0.328 e. The molecule has 0 saturated heterocycles. The zero-order valence-electron chi connectivity index (χ0n) is 16.6. The standard InChI is InChI=1S/C19H29N3O3Si/c1-15-20-17(14-25-26(5,6)19(2,3)4)22(21-15)12-18(23)24-13-16-10-8-7-9-11-16/h7-11H,12-14H2,1-6H3. The molecule has 0 aliphatic heterocycles. The van der Waals surface area contributed by atoms with Crippen molar-refractivity contribution in [2.24, 2.45) is 0 Å². The molecule has 1 aromatic heterocycles. The first-order chi connectivity index (χ1) is 12.1. The minimum absolute atomic E-state index is 0.0316. The molecule has 7 heteroatoms. The lowest BCUT2D eigenvalue weighted by Gasteiger charge is -2.35. The second-order valence-electron chi connectivity index (χ2n) is 7.93. The number of aromatic nitrogens is 3. The molecule has 0 N–H and O–H groups in total. The molecule has 0 bridgehead atoms. The van der Waals surface area contributed by atoms with Crippen molar-refractivity contribution >= 4 is 14.3 Å². The van der Waals surface area contributed by atoms with Crippen molar-refractivity contribution < 1.29 is 14.0 Å². The number of aryl methyl sites for hydroxylation is 1. The Morgan fingerprint density at radius 2 is 1.81 bits per heavy atom. The quantitative estimate of drug-likeness (QED) is 0.543. The monoisotopic (exact) mass is 375 g/mol. The molecule has 6 nitrogen and oxygen atoms in total. The molecule has 26 heavy (non-hydrogen) atoms. The summed E-state index contributed by atoms with van der Waals surface area (Å²) in [5, 5.41) is 4.42. The van der Waals surface area contributed by atoms with Crippen LogP contribution in [-0.4, -0.2) is 29.1 Å². The molecule has 1 aromatic carbocycles.